The molecule has 0 saturated carbocycles. The van der Waals surface area contributed by atoms with Crippen LogP contribution in [0.25, 0.3) is 0 Å². The molecule has 0 radical (unpaired) electrons. The van der Waals surface area contributed by atoms with Crippen molar-refractivity contribution in [3.63, 3.8) is 0 Å². The molecule has 6 heteroatoms. The van der Waals surface area contributed by atoms with E-state index in [4.69, 9.17) is 14.2 Å². The lowest BCUT2D eigenvalue weighted by Crippen LogP contribution is -2.24. The third-order valence-electron chi connectivity index (χ3n) is 3.59. The van der Waals surface area contributed by atoms with E-state index in [1.54, 1.807) is 18.9 Å². The molecule has 3 rings (SSSR count). The Bertz CT molecular complexity index is 703. The minimum absolute atomic E-state index is 0.0246. The Morgan fingerprint density at radius 2 is 1.88 bits per heavy atom. The minimum Gasteiger partial charge on any atom is -0.497 e. The molecule has 0 atom stereocenters. The Kier molecular flexibility index (Phi) is 5.48. The quantitative estimate of drug-likeness (QED) is 0.836. The van der Waals surface area contributed by atoms with Crippen molar-refractivity contribution < 1.29 is 19.0 Å². The number of benzene rings is 2. The Hall–Kier alpha value is -2.34. The number of ether oxygens (including phenoxy) is 3. The molecule has 126 valence electrons. The minimum atomic E-state index is 0.0246. The van der Waals surface area contributed by atoms with Crippen molar-refractivity contribution in [1.29, 1.82) is 0 Å². The second kappa shape index (κ2) is 7.97. The van der Waals surface area contributed by atoms with Gasteiger partial charge in [-0.25, -0.2) is 0 Å². The van der Waals surface area contributed by atoms with E-state index in [2.05, 4.69) is 5.32 Å². The van der Waals surface area contributed by atoms with Gasteiger partial charge in [-0.2, -0.15) is 0 Å². The van der Waals surface area contributed by atoms with Gasteiger partial charge in [-0.15, -0.1) is 11.8 Å². The van der Waals surface area contributed by atoms with Crippen LogP contribution < -0.4 is 19.5 Å². The lowest BCUT2D eigenvalue weighted by Gasteiger charge is -2.07. The maximum absolute atomic E-state index is 11.9. The SMILES string of the molecule is COc1ccc(CNC(=O)CSCc2ccc3c(c2)OCO3)cc1. The molecule has 0 spiro atoms. The smallest absolute Gasteiger partial charge is 0.231 e. The number of rotatable bonds is 7. The number of nitrogens with one attached hydrogen (secondary N) is 1. The predicted molar refractivity (Wildman–Crippen MR) is 93.6 cm³/mol. The normalized spacial score (nSPS) is 12.0. The highest BCUT2D eigenvalue weighted by Crippen LogP contribution is 2.33. The lowest BCUT2D eigenvalue weighted by molar-refractivity contribution is -0.118. The summed E-state index contributed by atoms with van der Waals surface area (Å²) in [4.78, 5) is 11.9. The number of hydrogen-bond acceptors (Lipinski definition) is 5. The molecule has 1 N–H and O–H groups in total. The van der Waals surface area contributed by atoms with E-state index in [0.717, 1.165) is 34.1 Å². The second-order valence-corrected chi connectivity index (χ2v) is 6.29. The zero-order valence-electron chi connectivity index (χ0n) is 13.4. The summed E-state index contributed by atoms with van der Waals surface area (Å²) >= 11 is 1.57. The topological polar surface area (TPSA) is 56.8 Å². The van der Waals surface area contributed by atoms with E-state index in [1.165, 1.54) is 0 Å². The van der Waals surface area contributed by atoms with Gasteiger partial charge in [0, 0.05) is 12.3 Å². The molecule has 0 aromatic heterocycles. The van der Waals surface area contributed by atoms with Crippen molar-refractivity contribution in [2.24, 2.45) is 0 Å². The first-order chi connectivity index (χ1) is 11.7. The fourth-order valence-electron chi connectivity index (χ4n) is 2.29. The second-order valence-electron chi connectivity index (χ2n) is 5.31. The highest BCUT2D eigenvalue weighted by Gasteiger charge is 2.13. The number of amides is 1. The van der Waals surface area contributed by atoms with Gasteiger partial charge in [0.15, 0.2) is 11.5 Å². The molecule has 0 unspecified atom stereocenters. The summed E-state index contributed by atoms with van der Waals surface area (Å²) in [5, 5.41) is 2.92. The van der Waals surface area contributed by atoms with Gasteiger partial charge in [-0.05, 0) is 35.4 Å². The molecular weight excluding hydrogens is 326 g/mol. The van der Waals surface area contributed by atoms with Crippen molar-refractivity contribution in [2.45, 2.75) is 12.3 Å². The van der Waals surface area contributed by atoms with Crippen molar-refractivity contribution >= 4 is 17.7 Å². The van der Waals surface area contributed by atoms with Crippen molar-refractivity contribution in [3.05, 3.63) is 53.6 Å². The number of carbonyl (C=O) groups excluding carboxylic acids is 1. The van der Waals surface area contributed by atoms with Gasteiger partial charge in [0.25, 0.3) is 0 Å². The third-order valence-corrected chi connectivity index (χ3v) is 4.59. The van der Waals surface area contributed by atoms with Crippen LogP contribution in [-0.4, -0.2) is 25.6 Å². The molecule has 1 aliphatic rings. The molecule has 1 aliphatic heterocycles. The van der Waals surface area contributed by atoms with E-state index in [1.807, 2.05) is 42.5 Å². The average Bonchev–Trinajstić information content (AvgIpc) is 3.08. The van der Waals surface area contributed by atoms with Crippen LogP contribution in [-0.2, 0) is 17.1 Å². The summed E-state index contributed by atoms with van der Waals surface area (Å²) in [6, 6.07) is 13.5. The largest absolute Gasteiger partial charge is 0.497 e. The van der Waals surface area contributed by atoms with Gasteiger partial charge in [-0.3, -0.25) is 4.79 Å². The Morgan fingerprint density at radius 3 is 2.67 bits per heavy atom. The molecule has 1 heterocycles. The van der Waals surface area contributed by atoms with Gasteiger partial charge in [-0.1, -0.05) is 18.2 Å². The van der Waals surface area contributed by atoms with Gasteiger partial charge in [0.2, 0.25) is 12.7 Å². The van der Waals surface area contributed by atoms with Gasteiger partial charge in [0.05, 0.1) is 12.9 Å². The molecule has 24 heavy (non-hydrogen) atoms. The highest BCUT2D eigenvalue weighted by molar-refractivity contribution is 7.99. The van der Waals surface area contributed by atoms with Crippen molar-refractivity contribution in [2.75, 3.05) is 19.7 Å². The lowest BCUT2D eigenvalue weighted by atomic mass is 10.2. The van der Waals surface area contributed by atoms with Crippen molar-refractivity contribution in [3.8, 4) is 17.2 Å². The number of methoxy groups -OCH3 is 1. The third kappa shape index (κ3) is 4.35. The first-order valence-corrected chi connectivity index (χ1v) is 8.76. The molecule has 0 bridgehead atoms. The first-order valence-electron chi connectivity index (χ1n) is 7.60. The summed E-state index contributed by atoms with van der Waals surface area (Å²) in [6.07, 6.45) is 0. The number of carbonyl (C=O) groups is 1. The van der Waals surface area contributed by atoms with Crippen LogP contribution in [0.1, 0.15) is 11.1 Å². The average molecular weight is 345 g/mol. The monoisotopic (exact) mass is 345 g/mol. The van der Waals surface area contributed by atoms with E-state index in [0.29, 0.717) is 12.3 Å². The number of fused-ring (bicyclic) bond motifs is 1. The van der Waals surface area contributed by atoms with Gasteiger partial charge >= 0.3 is 0 Å². The van der Waals surface area contributed by atoms with Crippen LogP contribution in [0.3, 0.4) is 0 Å². The molecule has 5 nitrogen and oxygen atoms in total. The molecule has 1 amide bonds. The Labute approximate surface area is 145 Å². The maximum Gasteiger partial charge on any atom is 0.231 e. The standard InChI is InChI=1S/C18H19NO4S/c1-21-15-5-2-13(3-6-15)9-19-18(20)11-24-10-14-4-7-16-17(8-14)23-12-22-16/h2-8H,9-12H2,1H3,(H,19,20). The van der Waals surface area contributed by atoms with E-state index in [-0.39, 0.29) is 12.7 Å². The highest BCUT2D eigenvalue weighted by atomic mass is 32.2. The van der Waals surface area contributed by atoms with E-state index in [9.17, 15) is 4.79 Å². The van der Waals surface area contributed by atoms with Crippen LogP contribution in [0.4, 0.5) is 0 Å². The molecule has 0 fully saturated rings. The van der Waals surface area contributed by atoms with Crippen LogP contribution >= 0.6 is 11.8 Å². The predicted octanol–water partition coefficient (Wildman–Crippen LogP) is 2.97. The van der Waals surface area contributed by atoms with Crippen LogP contribution in [0.2, 0.25) is 0 Å². The molecule has 0 aliphatic carbocycles. The number of thioether (sulfide) groups is 1. The number of hydrogen-bond donors (Lipinski definition) is 1. The summed E-state index contributed by atoms with van der Waals surface area (Å²) in [5.74, 6) is 3.57. The van der Waals surface area contributed by atoms with E-state index < -0.39 is 0 Å². The van der Waals surface area contributed by atoms with Crippen LogP contribution in [0.15, 0.2) is 42.5 Å². The molecule has 2 aromatic rings. The summed E-state index contributed by atoms with van der Waals surface area (Å²) in [5.41, 5.74) is 2.16. The summed E-state index contributed by atoms with van der Waals surface area (Å²) in [7, 11) is 1.63. The summed E-state index contributed by atoms with van der Waals surface area (Å²) in [6.45, 7) is 0.799. The van der Waals surface area contributed by atoms with Crippen LogP contribution in [0.5, 0.6) is 17.2 Å². The van der Waals surface area contributed by atoms with Crippen LogP contribution in [0, 0.1) is 0 Å². The first kappa shape index (κ1) is 16.5. The van der Waals surface area contributed by atoms with Crippen molar-refractivity contribution in [1.82, 2.24) is 5.32 Å². The zero-order chi connectivity index (χ0) is 16.8. The summed E-state index contributed by atoms with van der Waals surface area (Å²) < 4.78 is 15.7. The van der Waals surface area contributed by atoms with E-state index >= 15 is 0 Å². The Balaban J connectivity index is 1.39. The molecule has 2 aromatic carbocycles. The fraction of sp³-hybridized carbons (Fsp3) is 0.278. The molecule has 0 saturated heterocycles. The molecular formula is C18H19NO4S. The maximum atomic E-state index is 11.9. The van der Waals surface area contributed by atoms with Gasteiger partial charge < -0.3 is 19.5 Å². The fourth-order valence-corrected chi connectivity index (χ4v) is 3.09. The Morgan fingerprint density at radius 1 is 1.12 bits per heavy atom. The zero-order valence-corrected chi connectivity index (χ0v) is 14.2. The van der Waals surface area contributed by atoms with Gasteiger partial charge in [0.1, 0.15) is 5.75 Å².